The number of unbranched alkanes of at least 4 members (excludes halogenated alkanes) is 1. The monoisotopic (exact) mass is 416 g/mol. The van der Waals surface area contributed by atoms with Crippen LogP contribution >= 0.6 is 23.4 Å². The largest absolute Gasteiger partial charge is 0.494 e. The number of anilines is 1. The van der Waals surface area contributed by atoms with E-state index in [1.807, 2.05) is 29.2 Å². The molecule has 6 nitrogen and oxygen atoms in total. The molecule has 0 spiro atoms. The first kappa shape index (κ1) is 19.5. The minimum absolute atomic E-state index is 0.0552. The van der Waals surface area contributed by atoms with Gasteiger partial charge in [0, 0.05) is 17.0 Å². The second-order valence-corrected chi connectivity index (χ2v) is 9.92. The number of hydrogen-bond donors (Lipinski definition) is 0. The fourth-order valence-corrected chi connectivity index (χ4v) is 7.05. The number of ether oxygens (including phenoxy) is 1. The summed E-state index contributed by atoms with van der Waals surface area (Å²) in [5.41, 5.74) is 0.775. The number of amides is 1. The number of sulfone groups is 1. The van der Waals surface area contributed by atoms with Gasteiger partial charge in [-0.05, 0) is 18.6 Å². The minimum atomic E-state index is -3.09. The summed E-state index contributed by atoms with van der Waals surface area (Å²) in [4.78, 5) is 17.7. The third-order valence-electron chi connectivity index (χ3n) is 4.26. The van der Waals surface area contributed by atoms with Crippen LogP contribution in [0.1, 0.15) is 19.8 Å². The van der Waals surface area contributed by atoms with Gasteiger partial charge in [-0.1, -0.05) is 31.2 Å². The molecule has 1 amide bonds. The Morgan fingerprint density at radius 2 is 2.23 bits per heavy atom. The predicted molar refractivity (Wildman–Crippen MR) is 106 cm³/mol. The van der Waals surface area contributed by atoms with Crippen molar-refractivity contribution in [1.82, 2.24) is 0 Å². The molecule has 0 radical (unpaired) electrons. The van der Waals surface area contributed by atoms with Crippen LogP contribution in [0.25, 0.3) is 0 Å². The Hall–Kier alpha value is -1.25. The summed E-state index contributed by atoms with van der Waals surface area (Å²) in [7, 11) is -3.09. The molecule has 2 heterocycles. The summed E-state index contributed by atoms with van der Waals surface area (Å²) in [6.07, 6.45) is 2.01. The van der Waals surface area contributed by atoms with E-state index in [1.165, 1.54) is 11.8 Å². The SMILES string of the molecule is CCCCOc1cccc(N2C(=NC(=O)CCl)SC3CS(=O)(=O)CC32)c1. The molecule has 0 aromatic heterocycles. The second kappa shape index (κ2) is 8.19. The summed E-state index contributed by atoms with van der Waals surface area (Å²) in [6, 6.07) is 7.23. The number of halogens is 1. The van der Waals surface area contributed by atoms with Gasteiger partial charge in [-0.15, -0.1) is 11.6 Å². The maximum atomic E-state index is 12.1. The third kappa shape index (κ3) is 4.35. The van der Waals surface area contributed by atoms with Gasteiger partial charge in [0.2, 0.25) is 0 Å². The van der Waals surface area contributed by atoms with Crippen LogP contribution in [0.4, 0.5) is 5.69 Å². The zero-order valence-electron chi connectivity index (χ0n) is 14.4. The molecular weight excluding hydrogens is 396 g/mol. The highest BCUT2D eigenvalue weighted by molar-refractivity contribution is 8.16. The minimum Gasteiger partial charge on any atom is -0.494 e. The third-order valence-corrected chi connectivity index (χ3v) is 7.70. The molecular formula is C17H21ClN2O4S2. The fourth-order valence-electron chi connectivity index (χ4n) is 3.06. The van der Waals surface area contributed by atoms with E-state index in [0.717, 1.165) is 18.5 Å². The predicted octanol–water partition coefficient (Wildman–Crippen LogP) is 2.71. The van der Waals surface area contributed by atoms with Crippen molar-refractivity contribution in [2.75, 3.05) is 28.9 Å². The molecule has 2 aliphatic heterocycles. The summed E-state index contributed by atoms with van der Waals surface area (Å²) in [5, 5.41) is 0.373. The highest BCUT2D eigenvalue weighted by atomic mass is 35.5. The lowest BCUT2D eigenvalue weighted by molar-refractivity contribution is -0.115. The highest BCUT2D eigenvalue weighted by Crippen LogP contribution is 2.41. The zero-order valence-corrected chi connectivity index (χ0v) is 16.8. The topological polar surface area (TPSA) is 76.0 Å². The maximum absolute atomic E-state index is 12.1. The van der Waals surface area contributed by atoms with Crippen LogP contribution in [0, 0.1) is 0 Å². The van der Waals surface area contributed by atoms with Gasteiger partial charge in [-0.25, -0.2) is 8.42 Å². The van der Waals surface area contributed by atoms with Gasteiger partial charge >= 0.3 is 0 Å². The summed E-state index contributed by atoms with van der Waals surface area (Å²) in [6.45, 7) is 2.72. The van der Waals surface area contributed by atoms with Gasteiger partial charge in [-0.3, -0.25) is 4.79 Å². The van der Waals surface area contributed by atoms with E-state index >= 15 is 0 Å². The van der Waals surface area contributed by atoms with Crippen molar-refractivity contribution in [3.8, 4) is 5.75 Å². The van der Waals surface area contributed by atoms with Crippen molar-refractivity contribution in [3.63, 3.8) is 0 Å². The molecule has 1 aromatic carbocycles. The van der Waals surface area contributed by atoms with E-state index in [4.69, 9.17) is 16.3 Å². The number of benzene rings is 1. The lowest BCUT2D eigenvalue weighted by atomic mass is 10.2. The van der Waals surface area contributed by atoms with E-state index in [0.29, 0.717) is 17.5 Å². The molecule has 142 valence electrons. The first-order valence-electron chi connectivity index (χ1n) is 8.50. The number of amidine groups is 1. The number of hydrogen-bond acceptors (Lipinski definition) is 5. The number of alkyl halides is 1. The quantitative estimate of drug-likeness (QED) is 0.524. The lowest BCUT2D eigenvalue weighted by Gasteiger charge is -2.25. The van der Waals surface area contributed by atoms with Gasteiger partial charge in [0.25, 0.3) is 5.91 Å². The molecule has 9 heteroatoms. The van der Waals surface area contributed by atoms with Crippen molar-refractivity contribution in [2.24, 2.45) is 4.99 Å². The molecule has 2 aliphatic rings. The van der Waals surface area contributed by atoms with Crippen LogP contribution in [0.15, 0.2) is 29.3 Å². The normalized spacial score (nSPS) is 25.5. The Labute approximate surface area is 162 Å². The van der Waals surface area contributed by atoms with E-state index in [2.05, 4.69) is 11.9 Å². The molecule has 0 bridgehead atoms. The van der Waals surface area contributed by atoms with Crippen molar-refractivity contribution in [3.05, 3.63) is 24.3 Å². The smallest absolute Gasteiger partial charge is 0.262 e. The Kier molecular flexibility index (Phi) is 6.14. The number of fused-ring (bicyclic) bond motifs is 1. The van der Waals surface area contributed by atoms with Crippen molar-refractivity contribution < 1.29 is 17.9 Å². The van der Waals surface area contributed by atoms with Crippen molar-refractivity contribution >= 4 is 50.0 Å². The van der Waals surface area contributed by atoms with Crippen molar-refractivity contribution in [1.29, 1.82) is 0 Å². The Morgan fingerprint density at radius 1 is 1.42 bits per heavy atom. The first-order valence-corrected chi connectivity index (χ1v) is 11.7. The first-order chi connectivity index (χ1) is 12.4. The Bertz CT molecular complexity index is 813. The van der Waals surface area contributed by atoms with E-state index in [9.17, 15) is 13.2 Å². The Morgan fingerprint density at radius 3 is 2.96 bits per heavy atom. The highest BCUT2D eigenvalue weighted by Gasteiger charge is 2.49. The number of thioether (sulfide) groups is 1. The molecule has 2 saturated heterocycles. The summed E-state index contributed by atoms with van der Waals surface area (Å²) in [5.74, 6) is 0.232. The summed E-state index contributed by atoms with van der Waals surface area (Å²) < 4.78 is 29.9. The van der Waals surface area contributed by atoms with Crippen molar-refractivity contribution in [2.45, 2.75) is 31.1 Å². The van der Waals surface area contributed by atoms with Crippen LogP contribution in [0.2, 0.25) is 0 Å². The van der Waals surface area contributed by atoms with Crippen LogP contribution in [-0.4, -0.2) is 54.8 Å². The molecule has 0 saturated carbocycles. The van der Waals surface area contributed by atoms with Crippen LogP contribution < -0.4 is 9.64 Å². The van der Waals surface area contributed by atoms with E-state index < -0.39 is 15.7 Å². The number of rotatable bonds is 6. The van der Waals surface area contributed by atoms with E-state index in [-0.39, 0.29) is 28.7 Å². The molecule has 26 heavy (non-hydrogen) atoms. The standard InChI is InChI=1S/C17H21ClN2O4S2/c1-2-3-7-24-13-6-4-5-12(8-13)20-14-10-26(22,23)11-15(14)25-17(20)19-16(21)9-18/h4-6,8,14-15H,2-3,7,9-11H2,1H3. The van der Waals surface area contributed by atoms with Crippen LogP contribution in [-0.2, 0) is 14.6 Å². The average Bonchev–Trinajstić information content (AvgIpc) is 3.06. The van der Waals surface area contributed by atoms with Gasteiger partial charge in [-0.2, -0.15) is 4.99 Å². The van der Waals surface area contributed by atoms with Crippen LogP contribution in [0.5, 0.6) is 5.75 Å². The Balaban J connectivity index is 1.91. The molecule has 2 fully saturated rings. The zero-order chi connectivity index (χ0) is 18.7. The molecule has 2 atom stereocenters. The molecule has 0 aliphatic carbocycles. The summed E-state index contributed by atoms with van der Waals surface area (Å²) >= 11 is 6.92. The second-order valence-electron chi connectivity index (χ2n) is 6.29. The average molecular weight is 417 g/mol. The maximum Gasteiger partial charge on any atom is 0.262 e. The number of carbonyl (C=O) groups is 1. The van der Waals surface area contributed by atoms with Gasteiger partial charge in [0.05, 0.1) is 24.2 Å². The number of aliphatic imine (C=N–C) groups is 1. The molecule has 0 N–H and O–H groups in total. The van der Waals surface area contributed by atoms with Gasteiger partial charge < -0.3 is 9.64 Å². The molecule has 3 rings (SSSR count). The van der Waals surface area contributed by atoms with Crippen LogP contribution in [0.3, 0.4) is 0 Å². The number of nitrogens with zero attached hydrogens (tertiary/aromatic N) is 2. The fraction of sp³-hybridized carbons (Fsp3) is 0.529. The van der Waals surface area contributed by atoms with Gasteiger partial charge in [0.1, 0.15) is 11.6 Å². The molecule has 2 unspecified atom stereocenters. The van der Waals surface area contributed by atoms with Gasteiger partial charge in [0.15, 0.2) is 15.0 Å². The molecule has 1 aromatic rings. The lowest BCUT2D eigenvalue weighted by Crippen LogP contribution is -2.37. The van der Waals surface area contributed by atoms with E-state index in [1.54, 1.807) is 0 Å². The number of carbonyl (C=O) groups excluding carboxylic acids is 1.